The van der Waals surface area contributed by atoms with Gasteiger partial charge in [0.25, 0.3) is 0 Å². The highest BCUT2D eigenvalue weighted by Gasteiger charge is 2.41. The average Bonchev–Trinajstić information content (AvgIpc) is 4.12. The van der Waals surface area contributed by atoms with Gasteiger partial charge >= 0.3 is 0 Å². The Hall–Kier alpha value is -5.04. The molecule has 0 radical (unpaired) electrons. The van der Waals surface area contributed by atoms with Crippen molar-refractivity contribution in [2.24, 2.45) is 23.7 Å². The molecule has 3 aromatic rings. The van der Waals surface area contributed by atoms with Gasteiger partial charge in [-0.2, -0.15) is 0 Å². The molecule has 4 atom stereocenters. The van der Waals surface area contributed by atoms with E-state index in [4.69, 9.17) is 9.72 Å². The van der Waals surface area contributed by atoms with Crippen LogP contribution in [0.15, 0.2) is 54.7 Å². The minimum atomic E-state index is -0.815. The summed E-state index contributed by atoms with van der Waals surface area (Å²) in [5, 5.41) is 8.89. The van der Waals surface area contributed by atoms with Gasteiger partial charge in [-0.05, 0) is 79.2 Å². The Labute approximate surface area is 322 Å². The lowest BCUT2D eigenvalue weighted by atomic mass is 10.0. The fourth-order valence-electron chi connectivity index (χ4n) is 7.48. The topological polar surface area (TPSA) is 166 Å². The zero-order valence-corrected chi connectivity index (χ0v) is 32.2. The number of anilines is 1. The predicted octanol–water partition coefficient (Wildman–Crippen LogP) is 4.67. The molecule has 4 N–H and O–H groups in total. The minimum absolute atomic E-state index is 0.0198. The number of nitrogens with zero attached hydrogens (tertiary/aromatic N) is 3. The number of amides is 5. The van der Waals surface area contributed by atoms with Gasteiger partial charge < -0.3 is 35.5 Å². The molecule has 4 aliphatic rings. The number of aromatic nitrogens is 2. The summed E-state index contributed by atoms with van der Waals surface area (Å²) in [6.07, 6.45) is 6.96. The molecule has 3 heterocycles. The first-order valence-corrected chi connectivity index (χ1v) is 19.8. The molecule has 2 saturated heterocycles. The van der Waals surface area contributed by atoms with E-state index in [0.717, 1.165) is 66.7 Å². The molecule has 4 fully saturated rings. The highest BCUT2D eigenvalue weighted by molar-refractivity contribution is 5.99. The molecule has 0 unspecified atom stereocenters. The number of hydrogen-bond acceptors (Lipinski definition) is 7. The third-order valence-corrected chi connectivity index (χ3v) is 11.2. The zero-order chi connectivity index (χ0) is 38.8. The number of likely N-dealkylation sites (tertiary alicyclic amines) is 1. The van der Waals surface area contributed by atoms with Crippen molar-refractivity contribution < 1.29 is 28.7 Å². The van der Waals surface area contributed by atoms with E-state index in [0.29, 0.717) is 18.8 Å². The van der Waals surface area contributed by atoms with Crippen LogP contribution in [0.5, 0.6) is 0 Å². The smallest absolute Gasteiger partial charge is 0.249 e. The van der Waals surface area contributed by atoms with E-state index in [1.165, 1.54) is 4.90 Å². The van der Waals surface area contributed by atoms with E-state index in [1.54, 1.807) is 6.20 Å². The van der Waals surface area contributed by atoms with Crippen LogP contribution < -0.4 is 16.0 Å². The van der Waals surface area contributed by atoms with Crippen molar-refractivity contribution in [3.05, 3.63) is 60.6 Å². The molecule has 292 valence electrons. The van der Waals surface area contributed by atoms with Crippen LogP contribution in [0.25, 0.3) is 22.4 Å². The van der Waals surface area contributed by atoms with Crippen LogP contribution in [0.4, 0.5) is 5.69 Å². The van der Waals surface area contributed by atoms with E-state index in [9.17, 15) is 24.0 Å². The summed E-state index contributed by atoms with van der Waals surface area (Å²) in [5.74, 6) is -0.160. The molecule has 0 bridgehead atoms. The molecular formula is C42H53N7O6. The first-order valence-electron chi connectivity index (χ1n) is 19.8. The first-order chi connectivity index (χ1) is 26.5. The maximum atomic E-state index is 13.7. The van der Waals surface area contributed by atoms with Crippen LogP contribution in [0, 0.1) is 23.7 Å². The SMILES string of the molecule is CC(C)[C@@H](NC(=O)C1CC1)C(=O)N1CCOC[C@H]1C(=O)Nc1ccc(-c2ccc(-c3cnc([C@@H]4CCCN4C(=O)[C@H](NC(=O)C4CC4)C(C)C)[nH]3)cc2)cc1. The molecule has 2 aliphatic carbocycles. The molecule has 2 aromatic carbocycles. The molecule has 7 rings (SSSR count). The number of carbonyl (C=O) groups excluding carboxylic acids is 5. The summed E-state index contributed by atoms with van der Waals surface area (Å²) in [6, 6.07) is 13.4. The Kier molecular flexibility index (Phi) is 11.4. The maximum absolute atomic E-state index is 13.7. The van der Waals surface area contributed by atoms with Crippen molar-refractivity contribution in [2.45, 2.75) is 90.4 Å². The van der Waals surface area contributed by atoms with E-state index < -0.39 is 18.1 Å². The van der Waals surface area contributed by atoms with E-state index in [2.05, 4.69) is 20.9 Å². The molecule has 55 heavy (non-hydrogen) atoms. The molecule has 0 spiro atoms. The normalized spacial score (nSPS) is 21.0. The Morgan fingerprint density at radius 3 is 1.82 bits per heavy atom. The van der Waals surface area contributed by atoms with Gasteiger partial charge in [-0.1, -0.05) is 64.1 Å². The second-order valence-corrected chi connectivity index (χ2v) is 16.1. The summed E-state index contributed by atoms with van der Waals surface area (Å²) in [6.45, 7) is 9.04. The van der Waals surface area contributed by atoms with Crippen LogP contribution >= 0.6 is 0 Å². The van der Waals surface area contributed by atoms with Crippen molar-refractivity contribution in [2.75, 3.05) is 31.6 Å². The predicted molar refractivity (Wildman–Crippen MR) is 207 cm³/mol. The van der Waals surface area contributed by atoms with Gasteiger partial charge in [-0.15, -0.1) is 0 Å². The van der Waals surface area contributed by atoms with Crippen molar-refractivity contribution >= 4 is 35.2 Å². The number of morpholine rings is 1. The number of H-pyrrole nitrogens is 1. The molecule has 13 nitrogen and oxygen atoms in total. The minimum Gasteiger partial charge on any atom is -0.377 e. The van der Waals surface area contributed by atoms with Gasteiger partial charge in [0.05, 0.1) is 31.1 Å². The molecule has 13 heteroatoms. The molecular weight excluding hydrogens is 699 g/mol. The molecule has 2 saturated carbocycles. The zero-order valence-electron chi connectivity index (χ0n) is 32.2. The Morgan fingerprint density at radius 1 is 0.709 bits per heavy atom. The number of imidazole rings is 1. The number of ether oxygens (including phenoxy) is 1. The van der Waals surface area contributed by atoms with Crippen LogP contribution in [0.3, 0.4) is 0 Å². The van der Waals surface area contributed by atoms with Gasteiger partial charge in [0, 0.05) is 30.6 Å². The first kappa shape index (κ1) is 38.2. The summed E-state index contributed by atoms with van der Waals surface area (Å²) in [7, 11) is 0. The summed E-state index contributed by atoms with van der Waals surface area (Å²) >= 11 is 0. The fourth-order valence-corrected chi connectivity index (χ4v) is 7.48. The highest BCUT2D eigenvalue weighted by Crippen LogP contribution is 2.34. The largest absolute Gasteiger partial charge is 0.377 e. The van der Waals surface area contributed by atoms with Crippen LogP contribution in [-0.4, -0.2) is 93.7 Å². The van der Waals surface area contributed by atoms with E-state index >= 15 is 0 Å². The summed E-state index contributed by atoms with van der Waals surface area (Å²) < 4.78 is 5.61. The Bertz CT molecular complexity index is 1880. The van der Waals surface area contributed by atoms with Gasteiger partial charge in [-0.3, -0.25) is 24.0 Å². The van der Waals surface area contributed by atoms with Crippen LogP contribution in [0.1, 0.15) is 78.1 Å². The standard InChI is InChI=1S/C42H53N7O6/c1-24(2)35(46-38(50)29-11-12-29)41(53)48-19-5-6-33(48)37-43-22-32(45-37)28-9-7-26(8-10-28)27-15-17-31(18-16-27)44-40(52)34-23-55-21-20-49(34)42(54)36(25(3)4)47-39(51)30-13-14-30/h7-10,15-18,22,24-25,29-30,33-36H,5-6,11-14,19-21,23H2,1-4H3,(H,43,45)(H,44,52)(H,46,50)(H,47,51)/t33-,34-,35+,36+/m0/s1. The molecule has 1 aromatic heterocycles. The molecule has 2 aliphatic heterocycles. The second kappa shape index (κ2) is 16.4. The van der Waals surface area contributed by atoms with Crippen molar-refractivity contribution in [1.29, 1.82) is 0 Å². The lowest BCUT2D eigenvalue weighted by Crippen LogP contribution is -2.60. The monoisotopic (exact) mass is 751 g/mol. The van der Waals surface area contributed by atoms with Gasteiger partial charge in [0.2, 0.25) is 29.5 Å². The van der Waals surface area contributed by atoms with Crippen LogP contribution in [-0.2, 0) is 28.7 Å². The quantitative estimate of drug-likeness (QED) is 0.197. The van der Waals surface area contributed by atoms with E-state index in [1.807, 2.05) is 81.1 Å². The Morgan fingerprint density at radius 2 is 1.25 bits per heavy atom. The van der Waals surface area contributed by atoms with Gasteiger partial charge in [0.1, 0.15) is 23.9 Å². The lowest BCUT2D eigenvalue weighted by molar-refractivity contribution is -0.150. The third-order valence-electron chi connectivity index (χ3n) is 11.2. The molecule has 5 amide bonds. The van der Waals surface area contributed by atoms with E-state index in [-0.39, 0.29) is 72.4 Å². The van der Waals surface area contributed by atoms with Crippen molar-refractivity contribution in [3.8, 4) is 22.4 Å². The Balaban J connectivity index is 0.966. The summed E-state index contributed by atoms with van der Waals surface area (Å²) in [4.78, 5) is 77.4. The second-order valence-electron chi connectivity index (χ2n) is 16.1. The number of benzene rings is 2. The number of hydrogen-bond donors (Lipinski definition) is 4. The average molecular weight is 752 g/mol. The van der Waals surface area contributed by atoms with Crippen LogP contribution in [0.2, 0.25) is 0 Å². The number of carbonyl (C=O) groups is 5. The lowest BCUT2D eigenvalue weighted by Gasteiger charge is -2.37. The number of aromatic amines is 1. The fraction of sp³-hybridized carbons (Fsp3) is 0.524. The van der Waals surface area contributed by atoms with Gasteiger partial charge in [-0.25, -0.2) is 4.98 Å². The maximum Gasteiger partial charge on any atom is 0.249 e. The third kappa shape index (κ3) is 8.77. The van der Waals surface area contributed by atoms with Gasteiger partial charge in [0.15, 0.2) is 0 Å². The van der Waals surface area contributed by atoms with Crippen molar-refractivity contribution in [3.63, 3.8) is 0 Å². The summed E-state index contributed by atoms with van der Waals surface area (Å²) in [5.41, 5.74) is 4.37. The number of rotatable bonds is 13. The highest BCUT2D eigenvalue weighted by atomic mass is 16.5. The van der Waals surface area contributed by atoms with Crippen molar-refractivity contribution in [1.82, 2.24) is 30.4 Å². The number of nitrogens with one attached hydrogen (secondary N) is 4.